The van der Waals surface area contributed by atoms with Crippen LogP contribution in [-0.2, 0) is 6.18 Å². The Kier molecular flexibility index (Phi) is 3.76. The largest absolute Gasteiger partial charge is 0.425 e. The number of amides is 1. The summed E-state index contributed by atoms with van der Waals surface area (Å²) >= 11 is 0.644. The number of nitrogens with zero attached hydrogens (tertiary/aromatic N) is 2. The van der Waals surface area contributed by atoms with Gasteiger partial charge in [0.05, 0.1) is 4.70 Å². The van der Waals surface area contributed by atoms with Gasteiger partial charge < -0.3 is 10.2 Å². The van der Waals surface area contributed by atoms with Crippen LogP contribution in [0.1, 0.15) is 28.2 Å². The fourth-order valence-electron chi connectivity index (χ4n) is 3.58. The second kappa shape index (κ2) is 5.70. The lowest BCUT2D eigenvalue weighted by atomic mass is 9.84. The van der Waals surface area contributed by atoms with Gasteiger partial charge in [-0.2, -0.15) is 13.2 Å². The van der Waals surface area contributed by atoms with E-state index in [1.54, 1.807) is 0 Å². The molecule has 5 rings (SSSR count). The fraction of sp³-hybridized carbons (Fsp3) is 0.500. The Morgan fingerprint density at radius 1 is 1.29 bits per heavy atom. The minimum atomic E-state index is -4.37. The van der Waals surface area contributed by atoms with Crippen LogP contribution in [0.15, 0.2) is 18.3 Å². The number of alkyl halides is 3. The van der Waals surface area contributed by atoms with Gasteiger partial charge in [-0.3, -0.25) is 4.79 Å². The van der Waals surface area contributed by atoms with Gasteiger partial charge in [-0.25, -0.2) is 4.98 Å². The van der Waals surface area contributed by atoms with E-state index in [4.69, 9.17) is 0 Å². The van der Waals surface area contributed by atoms with Gasteiger partial charge in [-0.1, -0.05) is 0 Å². The van der Waals surface area contributed by atoms with Crippen molar-refractivity contribution in [2.24, 2.45) is 5.92 Å². The molecule has 1 atom stereocenters. The van der Waals surface area contributed by atoms with Crippen molar-refractivity contribution in [2.75, 3.05) is 19.6 Å². The van der Waals surface area contributed by atoms with Crippen molar-refractivity contribution in [3.63, 3.8) is 0 Å². The second-order valence-corrected chi connectivity index (χ2v) is 7.52. The third-order valence-corrected chi connectivity index (χ3v) is 6.02. The predicted molar refractivity (Wildman–Crippen MR) is 85.0 cm³/mol. The highest BCUT2D eigenvalue weighted by Crippen LogP contribution is 2.38. The maximum absolute atomic E-state index is 12.8. The molecule has 2 aromatic rings. The molecular weight excluding hydrogens is 339 g/mol. The van der Waals surface area contributed by atoms with Gasteiger partial charge in [-0.05, 0) is 49.4 Å². The molecule has 3 aliphatic rings. The van der Waals surface area contributed by atoms with Crippen molar-refractivity contribution < 1.29 is 18.0 Å². The Labute approximate surface area is 140 Å². The number of carbonyl (C=O) groups excluding carboxylic acids is 1. The zero-order chi connectivity index (χ0) is 16.9. The summed E-state index contributed by atoms with van der Waals surface area (Å²) in [6, 6.07) is 2.62. The first-order chi connectivity index (χ1) is 11.4. The number of carbonyl (C=O) groups is 1. The number of fused-ring (bicyclic) bond motifs is 4. The summed E-state index contributed by atoms with van der Waals surface area (Å²) in [6.45, 7) is 3.00. The van der Waals surface area contributed by atoms with E-state index < -0.39 is 11.1 Å². The van der Waals surface area contributed by atoms with E-state index in [0.29, 0.717) is 27.3 Å². The lowest BCUT2D eigenvalue weighted by Gasteiger charge is -2.44. The molecule has 1 N–H and O–H groups in total. The third kappa shape index (κ3) is 2.88. The van der Waals surface area contributed by atoms with Crippen LogP contribution < -0.4 is 5.32 Å². The molecule has 5 heterocycles. The molecule has 0 aliphatic carbocycles. The van der Waals surface area contributed by atoms with Crippen LogP contribution >= 0.6 is 11.3 Å². The normalized spacial score (nSPS) is 26.7. The third-order valence-electron chi connectivity index (χ3n) is 4.89. The number of rotatable bonds is 2. The minimum absolute atomic E-state index is 0.103. The molecule has 2 bridgehead atoms. The Bertz CT molecular complexity index is 780. The van der Waals surface area contributed by atoms with Crippen molar-refractivity contribution in [1.82, 2.24) is 15.2 Å². The number of aromatic nitrogens is 1. The molecule has 3 fully saturated rings. The summed E-state index contributed by atoms with van der Waals surface area (Å²) in [5.74, 6) is 0.177. The van der Waals surface area contributed by atoms with Gasteiger partial charge in [0.25, 0.3) is 5.91 Å². The van der Waals surface area contributed by atoms with E-state index >= 15 is 0 Å². The smallest absolute Gasteiger partial charge is 0.346 e. The van der Waals surface area contributed by atoms with E-state index in [9.17, 15) is 18.0 Å². The van der Waals surface area contributed by atoms with E-state index in [2.05, 4.69) is 15.2 Å². The van der Waals surface area contributed by atoms with Crippen LogP contribution in [0.4, 0.5) is 13.2 Å². The average molecular weight is 355 g/mol. The van der Waals surface area contributed by atoms with E-state index in [0.717, 1.165) is 38.5 Å². The van der Waals surface area contributed by atoms with Gasteiger partial charge in [0.1, 0.15) is 10.6 Å². The highest BCUT2D eigenvalue weighted by molar-refractivity contribution is 7.19. The molecule has 8 heteroatoms. The molecule has 0 unspecified atom stereocenters. The number of nitrogens with one attached hydrogen (secondary N) is 1. The summed E-state index contributed by atoms with van der Waals surface area (Å²) in [5, 5.41) is 3.41. The van der Waals surface area contributed by atoms with Gasteiger partial charge >= 0.3 is 6.18 Å². The molecule has 0 spiro atoms. The molecular formula is C16H16F3N3OS. The first kappa shape index (κ1) is 15.8. The molecule has 0 radical (unpaired) electrons. The van der Waals surface area contributed by atoms with Crippen LogP contribution in [0.25, 0.3) is 10.1 Å². The average Bonchev–Trinajstić information content (AvgIpc) is 2.99. The summed E-state index contributed by atoms with van der Waals surface area (Å²) < 4.78 is 38.8. The number of hydrogen-bond acceptors (Lipinski definition) is 4. The number of piperidine rings is 3. The SMILES string of the molecule is O=C(N[C@H]1CN2CCC1CC2)c1cc2cc(C(F)(F)F)sc2cn1. The molecule has 128 valence electrons. The van der Waals surface area contributed by atoms with Crippen LogP contribution in [0.5, 0.6) is 0 Å². The molecule has 0 saturated carbocycles. The van der Waals surface area contributed by atoms with Crippen molar-refractivity contribution >= 4 is 27.3 Å². The zero-order valence-electron chi connectivity index (χ0n) is 12.8. The summed E-state index contributed by atoms with van der Waals surface area (Å²) in [4.78, 5) is 18.1. The number of halogens is 3. The van der Waals surface area contributed by atoms with Crippen molar-refractivity contribution in [3.8, 4) is 0 Å². The van der Waals surface area contributed by atoms with E-state index in [1.807, 2.05) is 0 Å². The molecule has 0 aromatic carbocycles. The maximum atomic E-state index is 12.8. The summed E-state index contributed by atoms with van der Waals surface area (Å²) in [5.41, 5.74) is 0.172. The molecule has 3 aliphatic heterocycles. The van der Waals surface area contributed by atoms with Crippen LogP contribution in [0.2, 0.25) is 0 Å². The quantitative estimate of drug-likeness (QED) is 0.900. The van der Waals surface area contributed by atoms with Gasteiger partial charge in [-0.15, -0.1) is 11.3 Å². The van der Waals surface area contributed by atoms with Crippen molar-refractivity contribution in [2.45, 2.75) is 25.1 Å². The standard InChI is InChI=1S/C16H16F3N3OS/c17-16(18,19)14-6-10-5-11(20-7-13(10)24-14)15(23)21-12-8-22-3-1-9(12)2-4-22/h5-7,9,12H,1-4,8H2,(H,21,23)/t12-/m0/s1. The first-order valence-electron chi connectivity index (χ1n) is 7.90. The lowest BCUT2D eigenvalue weighted by Crippen LogP contribution is -2.57. The monoisotopic (exact) mass is 355 g/mol. The van der Waals surface area contributed by atoms with Crippen molar-refractivity contribution in [1.29, 1.82) is 0 Å². The first-order valence-corrected chi connectivity index (χ1v) is 8.72. The highest BCUT2D eigenvalue weighted by atomic mass is 32.1. The Morgan fingerprint density at radius 3 is 2.67 bits per heavy atom. The fourth-order valence-corrected chi connectivity index (χ4v) is 4.46. The molecule has 1 amide bonds. The predicted octanol–water partition coefficient (Wildman–Crippen LogP) is 3.14. The molecule has 2 aromatic heterocycles. The van der Waals surface area contributed by atoms with Gasteiger partial charge in [0.2, 0.25) is 0 Å². The van der Waals surface area contributed by atoms with Crippen LogP contribution in [0, 0.1) is 5.92 Å². The van der Waals surface area contributed by atoms with Gasteiger partial charge in [0, 0.05) is 18.8 Å². The van der Waals surface area contributed by atoms with Gasteiger partial charge in [0.15, 0.2) is 0 Å². The Balaban J connectivity index is 1.54. The van der Waals surface area contributed by atoms with Crippen LogP contribution in [0.3, 0.4) is 0 Å². The van der Waals surface area contributed by atoms with E-state index in [-0.39, 0.29) is 17.6 Å². The zero-order valence-corrected chi connectivity index (χ0v) is 13.6. The Morgan fingerprint density at radius 2 is 2.04 bits per heavy atom. The number of hydrogen-bond donors (Lipinski definition) is 1. The number of thiophene rings is 1. The number of pyridine rings is 1. The van der Waals surface area contributed by atoms with Crippen molar-refractivity contribution in [3.05, 3.63) is 28.9 Å². The Hall–Kier alpha value is -1.67. The topological polar surface area (TPSA) is 45.2 Å². The minimum Gasteiger partial charge on any atom is -0.346 e. The molecule has 24 heavy (non-hydrogen) atoms. The summed E-state index contributed by atoms with van der Waals surface area (Å²) in [7, 11) is 0. The molecule has 4 nitrogen and oxygen atoms in total. The maximum Gasteiger partial charge on any atom is 0.425 e. The summed E-state index contributed by atoms with van der Waals surface area (Å²) in [6.07, 6.45) is -0.865. The van der Waals surface area contributed by atoms with Crippen LogP contribution in [-0.4, -0.2) is 41.5 Å². The molecule has 3 saturated heterocycles. The van der Waals surface area contributed by atoms with E-state index in [1.165, 1.54) is 12.3 Å². The lowest BCUT2D eigenvalue weighted by molar-refractivity contribution is -0.134. The second-order valence-electron chi connectivity index (χ2n) is 6.43. The highest BCUT2D eigenvalue weighted by Gasteiger charge is 2.35.